The third kappa shape index (κ3) is 4.06. The number of nitrogens with zero attached hydrogens (tertiary/aromatic N) is 2. The monoisotopic (exact) mass is 336 g/mol. The van der Waals surface area contributed by atoms with E-state index < -0.39 is 0 Å². The number of hydrogen-bond donors (Lipinski definition) is 2. The van der Waals surface area contributed by atoms with Crippen molar-refractivity contribution < 1.29 is 0 Å². The van der Waals surface area contributed by atoms with Crippen LogP contribution in [0.2, 0.25) is 5.28 Å². The molecule has 118 valence electrons. The highest BCUT2D eigenvalue weighted by atomic mass is 35.5. The topological polar surface area (TPSA) is 49.8 Å². The van der Waals surface area contributed by atoms with Gasteiger partial charge in [-0.1, -0.05) is 26.0 Å². The molecule has 2 heterocycles. The van der Waals surface area contributed by atoms with Crippen LogP contribution in [0.5, 0.6) is 0 Å². The van der Waals surface area contributed by atoms with Crippen molar-refractivity contribution in [3.63, 3.8) is 0 Å². The van der Waals surface area contributed by atoms with E-state index in [2.05, 4.69) is 44.9 Å². The van der Waals surface area contributed by atoms with Crippen molar-refractivity contribution in [2.45, 2.75) is 33.2 Å². The van der Waals surface area contributed by atoms with Gasteiger partial charge in [0.25, 0.3) is 0 Å². The van der Waals surface area contributed by atoms with Crippen LogP contribution in [0, 0.1) is 0 Å². The summed E-state index contributed by atoms with van der Waals surface area (Å²) in [5.41, 5.74) is 1.96. The Balaban J connectivity index is 0.000000847. The predicted molar refractivity (Wildman–Crippen MR) is 96.6 cm³/mol. The minimum Gasteiger partial charge on any atom is -0.339 e. The zero-order valence-electron chi connectivity index (χ0n) is 13.1. The van der Waals surface area contributed by atoms with E-state index in [1.807, 2.05) is 20.9 Å². The Labute approximate surface area is 140 Å². The SMILES string of the molecule is CC.CNCc1cc2nc(Cl)nc(NC3=CCCC=C3)c2s1. The van der Waals surface area contributed by atoms with Gasteiger partial charge < -0.3 is 10.6 Å². The molecule has 0 saturated carbocycles. The number of fused-ring (bicyclic) bond motifs is 1. The quantitative estimate of drug-likeness (QED) is 0.792. The summed E-state index contributed by atoms with van der Waals surface area (Å²) in [7, 11) is 1.93. The zero-order chi connectivity index (χ0) is 15.9. The van der Waals surface area contributed by atoms with Crippen molar-refractivity contribution in [3.05, 3.63) is 40.2 Å². The van der Waals surface area contributed by atoms with E-state index in [1.54, 1.807) is 11.3 Å². The van der Waals surface area contributed by atoms with E-state index in [9.17, 15) is 0 Å². The summed E-state index contributed by atoms with van der Waals surface area (Å²) in [6.45, 7) is 4.82. The van der Waals surface area contributed by atoms with Crippen LogP contribution in [0.4, 0.5) is 5.82 Å². The molecule has 0 atom stereocenters. The third-order valence-electron chi connectivity index (χ3n) is 3.00. The maximum absolute atomic E-state index is 6.02. The Morgan fingerprint density at radius 2 is 2.09 bits per heavy atom. The lowest BCUT2D eigenvalue weighted by Crippen LogP contribution is -2.02. The number of thiophene rings is 1. The molecule has 0 radical (unpaired) electrons. The van der Waals surface area contributed by atoms with Crippen molar-refractivity contribution in [3.8, 4) is 0 Å². The number of hydrogen-bond acceptors (Lipinski definition) is 5. The summed E-state index contributed by atoms with van der Waals surface area (Å²) in [6.07, 6.45) is 8.55. The highest BCUT2D eigenvalue weighted by Gasteiger charge is 2.12. The summed E-state index contributed by atoms with van der Waals surface area (Å²) in [5.74, 6) is 0.783. The second-order valence-electron chi connectivity index (χ2n) is 4.56. The fourth-order valence-electron chi connectivity index (χ4n) is 2.14. The summed E-state index contributed by atoms with van der Waals surface area (Å²) in [5, 5.41) is 6.77. The molecular formula is C16H21ClN4S. The molecule has 0 aromatic carbocycles. The first-order valence-electron chi connectivity index (χ1n) is 7.50. The van der Waals surface area contributed by atoms with E-state index in [4.69, 9.17) is 11.6 Å². The molecule has 2 aromatic heterocycles. The first kappa shape index (κ1) is 16.9. The Kier molecular flexibility index (Phi) is 6.36. The molecule has 0 aliphatic heterocycles. The Morgan fingerprint density at radius 1 is 1.27 bits per heavy atom. The van der Waals surface area contributed by atoms with Gasteiger partial charge in [-0.3, -0.25) is 0 Å². The van der Waals surface area contributed by atoms with Crippen molar-refractivity contribution in [1.29, 1.82) is 0 Å². The second kappa shape index (κ2) is 8.27. The number of rotatable bonds is 4. The molecule has 0 amide bonds. The molecule has 0 fully saturated rings. The van der Waals surface area contributed by atoms with E-state index >= 15 is 0 Å². The molecule has 3 rings (SSSR count). The van der Waals surface area contributed by atoms with Gasteiger partial charge in [0.05, 0.1) is 10.2 Å². The van der Waals surface area contributed by atoms with Gasteiger partial charge in [-0.05, 0) is 43.6 Å². The van der Waals surface area contributed by atoms with Gasteiger partial charge in [-0.25, -0.2) is 4.98 Å². The average Bonchev–Trinajstić information content (AvgIpc) is 2.93. The van der Waals surface area contributed by atoms with Crippen LogP contribution >= 0.6 is 22.9 Å². The maximum atomic E-state index is 6.02. The fraction of sp³-hybridized carbons (Fsp3) is 0.375. The summed E-state index contributed by atoms with van der Waals surface area (Å²) >= 11 is 7.70. The number of aromatic nitrogens is 2. The van der Waals surface area contributed by atoms with Crippen molar-refractivity contribution in [1.82, 2.24) is 15.3 Å². The van der Waals surface area contributed by atoms with E-state index in [-0.39, 0.29) is 5.28 Å². The Bertz CT molecular complexity index is 691. The molecular weight excluding hydrogens is 316 g/mol. The lowest BCUT2D eigenvalue weighted by atomic mass is 10.1. The van der Waals surface area contributed by atoms with Crippen LogP contribution in [-0.2, 0) is 6.54 Å². The molecule has 0 bridgehead atoms. The van der Waals surface area contributed by atoms with Gasteiger partial charge in [0.1, 0.15) is 0 Å². The average molecular weight is 337 g/mol. The standard InChI is InChI=1S/C14H15ClN4S.C2H6/c1-16-8-10-7-11-12(20-10)13(19-14(15)18-11)17-9-5-3-2-4-6-9;1-2/h3,5-7,16H,2,4,8H2,1H3,(H,17,18,19);1-2H3. The molecule has 0 spiro atoms. The zero-order valence-corrected chi connectivity index (χ0v) is 14.7. The highest BCUT2D eigenvalue weighted by Crippen LogP contribution is 2.31. The molecule has 0 saturated heterocycles. The second-order valence-corrected chi connectivity index (χ2v) is 6.04. The van der Waals surface area contributed by atoms with Gasteiger partial charge in [0.15, 0.2) is 5.82 Å². The minimum atomic E-state index is 0.272. The van der Waals surface area contributed by atoms with E-state index in [1.165, 1.54) is 4.88 Å². The molecule has 22 heavy (non-hydrogen) atoms. The molecule has 2 aromatic rings. The largest absolute Gasteiger partial charge is 0.339 e. The summed E-state index contributed by atoms with van der Waals surface area (Å²) < 4.78 is 1.04. The number of nitrogens with one attached hydrogen (secondary N) is 2. The van der Waals surface area contributed by atoms with Gasteiger partial charge in [0.2, 0.25) is 5.28 Å². The first-order valence-corrected chi connectivity index (χ1v) is 8.70. The fourth-order valence-corrected chi connectivity index (χ4v) is 3.37. The van der Waals surface area contributed by atoms with Crippen LogP contribution in [-0.4, -0.2) is 17.0 Å². The maximum Gasteiger partial charge on any atom is 0.224 e. The molecule has 0 unspecified atom stereocenters. The van der Waals surface area contributed by atoms with E-state index in [0.717, 1.165) is 41.1 Å². The predicted octanol–water partition coefficient (Wildman–Crippen LogP) is 4.74. The van der Waals surface area contributed by atoms with Gasteiger partial charge in [0, 0.05) is 17.1 Å². The first-order chi connectivity index (χ1) is 10.8. The highest BCUT2D eigenvalue weighted by molar-refractivity contribution is 7.19. The van der Waals surface area contributed by atoms with Crippen molar-refractivity contribution in [2.24, 2.45) is 0 Å². The summed E-state index contributed by atoms with van der Waals surface area (Å²) in [4.78, 5) is 9.84. The van der Waals surface area contributed by atoms with Gasteiger partial charge >= 0.3 is 0 Å². The molecule has 1 aliphatic rings. The summed E-state index contributed by atoms with van der Waals surface area (Å²) in [6, 6.07) is 2.06. The lowest BCUT2D eigenvalue weighted by Gasteiger charge is -2.10. The van der Waals surface area contributed by atoms with Crippen LogP contribution in [0.25, 0.3) is 10.2 Å². The Morgan fingerprint density at radius 3 is 2.77 bits per heavy atom. The molecule has 1 aliphatic carbocycles. The van der Waals surface area contributed by atoms with Crippen LogP contribution in [0.1, 0.15) is 31.6 Å². The van der Waals surface area contributed by atoms with Gasteiger partial charge in [-0.2, -0.15) is 4.98 Å². The third-order valence-corrected chi connectivity index (χ3v) is 4.30. The van der Waals surface area contributed by atoms with Crippen LogP contribution < -0.4 is 10.6 Å². The smallest absolute Gasteiger partial charge is 0.224 e. The normalized spacial score (nSPS) is 13.5. The number of allylic oxidation sites excluding steroid dienone is 3. The number of halogens is 1. The van der Waals surface area contributed by atoms with Crippen LogP contribution in [0.3, 0.4) is 0 Å². The van der Waals surface area contributed by atoms with Crippen LogP contribution in [0.15, 0.2) is 30.0 Å². The molecule has 6 heteroatoms. The number of anilines is 1. The van der Waals surface area contributed by atoms with Crippen molar-refractivity contribution >= 4 is 39.0 Å². The Hall–Kier alpha value is -1.43. The van der Waals surface area contributed by atoms with Crippen molar-refractivity contribution in [2.75, 3.05) is 12.4 Å². The van der Waals surface area contributed by atoms with Gasteiger partial charge in [-0.15, -0.1) is 11.3 Å². The minimum absolute atomic E-state index is 0.272. The molecule has 4 nitrogen and oxygen atoms in total. The molecule has 2 N–H and O–H groups in total. The van der Waals surface area contributed by atoms with E-state index in [0.29, 0.717) is 0 Å². The lowest BCUT2D eigenvalue weighted by molar-refractivity contribution is 0.832.